The van der Waals surface area contributed by atoms with Crippen molar-refractivity contribution < 1.29 is 23.9 Å². The van der Waals surface area contributed by atoms with Crippen molar-refractivity contribution >= 4 is 17.8 Å². The van der Waals surface area contributed by atoms with Gasteiger partial charge in [0.15, 0.2) is 0 Å². The molecule has 178 valence electrons. The minimum absolute atomic E-state index is 0.0566. The number of ether oxygens (including phenoxy) is 2. The average Bonchev–Trinajstić information content (AvgIpc) is 2.81. The molecule has 0 aromatic heterocycles. The van der Waals surface area contributed by atoms with Gasteiger partial charge in [-0.3, -0.25) is 14.4 Å². The number of rotatable bonds is 5. The highest BCUT2D eigenvalue weighted by molar-refractivity contribution is 5.92. The van der Waals surface area contributed by atoms with Crippen LogP contribution in [0.2, 0.25) is 0 Å². The highest BCUT2D eigenvalue weighted by atomic mass is 16.5. The number of benzene rings is 1. The van der Waals surface area contributed by atoms with Crippen molar-refractivity contribution in [2.75, 3.05) is 33.4 Å². The van der Waals surface area contributed by atoms with E-state index in [-0.39, 0.29) is 29.6 Å². The van der Waals surface area contributed by atoms with Gasteiger partial charge in [-0.25, -0.2) is 0 Å². The van der Waals surface area contributed by atoms with Crippen LogP contribution in [0.4, 0.5) is 0 Å². The van der Waals surface area contributed by atoms with Gasteiger partial charge in [-0.15, -0.1) is 0 Å². The quantitative estimate of drug-likeness (QED) is 0.639. The number of carbonyl (C=O) groups is 3. The van der Waals surface area contributed by atoms with Gasteiger partial charge in [0, 0.05) is 31.1 Å². The van der Waals surface area contributed by atoms with Gasteiger partial charge >= 0.3 is 5.97 Å². The lowest BCUT2D eigenvalue weighted by Gasteiger charge is -2.51. The summed E-state index contributed by atoms with van der Waals surface area (Å²) in [6, 6.07) is 9.77. The van der Waals surface area contributed by atoms with Crippen LogP contribution in [0.3, 0.4) is 0 Å². The zero-order valence-electron chi connectivity index (χ0n) is 19.8. The molecule has 2 atom stereocenters. The van der Waals surface area contributed by atoms with E-state index in [4.69, 9.17) is 9.47 Å². The van der Waals surface area contributed by atoms with Crippen LogP contribution in [-0.2, 0) is 30.4 Å². The van der Waals surface area contributed by atoms with Crippen molar-refractivity contribution in [3.63, 3.8) is 0 Å². The van der Waals surface area contributed by atoms with Gasteiger partial charge in [-0.2, -0.15) is 0 Å². The van der Waals surface area contributed by atoms with E-state index in [1.165, 1.54) is 7.11 Å². The van der Waals surface area contributed by atoms with E-state index in [2.05, 4.69) is 13.8 Å². The SMILES string of the molecule is COC(=O)[C@@]12C[C@@H](CC(=O)N3CCOCC3)C(=O)N(Cc3ccccc3)C1=CCC(C)(C)C2. The van der Waals surface area contributed by atoms with E-state index in [0.29, 0.717) is 45.7 Å². The fraction of sp³-hybridized carbons (Fsp3) is 0.577. The van der Waals surface area contributed by atoms with E-state index in [1.54, 1.807) is 9.80 Å². The number of methoxy groups -OCH3 is 1. The third kappa shape index (κ3) is 4.69. The lowest BCUT2D eigenvalue weighted by molar-refractivity contribution is -0.163. The first-order valence-corrected chi connectivity index (χ1v) is 11.8. The molecular weight excluding hydrogens is 420 g/mol. The zero-order chi connectivity index (χ0) is 23.6. The highest BCUT2D eigenvalue weighted by Gasteiger charge is 2.57. The first kappa shape index (κ1) is 23.5. The van der Waals surface area contributed by atoms with Crippen LogP contribution < -0.4 is 0 Å². The molecule has 0 spiro atoms. The Morgan fingerprint density at radius 1 is 1.15 bits per heavy atom. The van der Waals surface area contributed by atoms with Gasteiger partial charge in [-0.05, 0) is 30.2 Å². The summed E-state index contributed by atoms with van der Waals surface area (Å²) in [5, 5.41) is 0. The average molecular weight is 455 g/mol. The third-order valence-electron chi connectivity index (χ3n) is 7.16. The fourth-order valence-corrected chi connectivity index (χ4v) is 5.64. The summed E-state index contributed by atoms with van der Waals surface area (Å²) in [4.78, 5) is 43.7. The molecule has 33 heavy (non-hydrogen) atoms. The van der Waals surface area contributed by atoms with Crippen molar-refractivity contribution in [1.82, 2.24) is 9.80 Å². The second-order valence-corrected chi connectivity index (χ2v) is 10.2. The summed E-state index contributed by atoms with van der Waals surface area (Å²) in [5.41, 5.74) is 0.665. The first-order valence-electron chi connectivity index (χ1n) is 11.8. The van der Waals surface area contributed by atoms with Gasteiger partial charge in [0.25, 0.3) is 0 Å². The predicted molar refractivity (Wildman–Crippen MR) is 123 cm³/mol. The molecule has 0 radical (unpaired) electrons. The summed E-state index contributed by atoms with van der Waals surface area (Å²) in [5.74, 6) is -1.05. The van der Waals surface area contributed by atoms with Crippen LogP contribution in [0.5, 0.6) is 0 Å². The monoisotopic (exact) mass is 454 g/mol. The molecule has 2 amide bonds. The molecule has 0 bridgehead atoms. The van der Waals surface area contributed by atoms with Crippen molar-refractivity contribution in [3.05, 3.63) is 47.7 Å². The number of hydrogen-bond donors (Lipinski definition) is 0. The Labute approximate surface area is 195 Å². The summed E-state index contributed by atoms with van der Waals surface area (Å²) >= 11 is 0. The van der Waals surface area contributed by atoms with Crippen LogP contribution in [0, 0.1) is 16.7 Å². The number of piperidine rings is 1. The Morgan fingerprint density at radius 3 is 2.52 bits per heavy atom. The van der Waals surface area contributed by atoms with E-state index in [0.717, 1.165) is 17.7 Å². The van der Waals surface area contributed by atoms with Crippen LogP contribution in [0.1, 0.15) is 45.1 Å². The topological polar surface area (TPSA) is 76.1 Å². The summed E-state index contributed by atoms with van der Waals surface area (Å²) in [6.45, 7) is 6.73. The second-order valence-electron chi connectivity index (χ2n) is 10.2. The molecule has 0 N–H and O–H groups in total. The van der Waals surface area contributed by atoms with Crippen molar-refractivity contribution in [3.8, 4) is 0 Å². The van der Waals surface area contributed by atoms with Gasteiger partial charge in [0.2, 0.25) is 11.8 Å². The maximum absolute atomic E-state index is 13.8. The van der Waals surface area contributed by atoms with Gasteiger partial charge < -0.3 is 19.3 Å². The Balaban J connectivity index is 1.70. The van der Waals surface area contributed by atoms with Crippen LogP contribution in [-0.4, -0.2) is 61.0 Å². The maximum Gasteiger partial charge on any atom is 0.317 e. The number of carbonyl (C=O) groups excluding carboxylic acids is 3. The van der Waals surface area contributed by atoms with E-state index < -0.39 is 11.3 Å². The molecule has 1 aliphatic carbocycles. The third-order valence-corrected chi connectivity index (χ3v) is 7.16. The molecule has 7 nitrogen and oxygen atoms in total. The van der Waals surface area contributed by atoms with Crippen molar-refractivity contribution in [2.45, 2.75) is 46.1 Å². The minimum atomic E-state index is -0.935. The van der Waals surface area contributed by atoms with E-state index >= 15 is 0 Å². The van der Waals surface area contributed by atoms with Gasteiger partial charge in [0.1, 0.15) is 5.41 Å². The Hall–Kier alpha value is -2.67. The summed E-state index contributed by atoms with van der Waals surface area (Å²) in [6.07, 6.45) is 3.79. The lowest BCUT2D eigenvalue weighted by atomic mass is 9.59. The minimum Gasteiger partial charge on any atom is -0.468 e. The zero-order valence-corrected chi connectivity index (χ0v) is 19.8. The number of esters is 1. The number of amides is 2. The fourth-order valence-electron chi connectivity index (χ4n) is 5.64. The number of hydrogen-bond acceptors (Lipinski definition) is 5. The summed E-state index contributed by atoms with van der Waals surface area (Å²) in [7, 11) is 1.40. The Bertz CT molecular complexity index is 935. The van der Waals surface area contributed by atoms with Crippen LogP contribution >= 0.6 is 0 Å². The molecule has 7 heteroatoms. The molecule has 1 aromatic rings. The van der Waals surface area contributed by atoms with Gasteiger partial charge in [0.05, 0.1) is 26.9 Å². The second kappa shape index (κ2) is 9.29. The number of likely N-dealkylation sites (tertiary alicyclic amines) is 1. The molecule has 3 aliphatic rings. The molecule has 2 aliphatic heterocycles. The van der Waals surface area contributed by atoms with E-state index in [9.17, 15) is 14.4 Å². The predicted octanol–water partition coefficient (Wildman–Crippen LogP) is 3.15. The largest absolute Gasteiger partial charge is 0.468 e. The van der Waals surface area contributed by atoms with E-state index in [1.807, 2.05) is 36.4 Å². The molecule has 4 rings (SSSR count). The first-order chi connectivity index (χ1) is 15.8. The van der Waals surface area contributed by atoms with Crippen molar-refractivity contribution in [2.24, 2.45) is 16.7 Å². The molecule has 2 heterocycles. The molecule has 0 saturated carbocycles. The lowest BCUT2D eigenvalue weighted by Crippen LogP contribution is -2.56. The van der Waals surface area contributed by atoms with Crippen LogP contribution in [0.25, 0.3) is 0 Å². The Morgan fingerprint density at radius 2 is 1.85 bits per heavy atom. The van der Waals surface area contributed by atoms with Crippen LogP contribution in [0.15, 0.2) is 42.1 Å². The number of morpholine rings is 1. The molecule has 1 aromatic carbocycles. The Kier molecular flexibility index (Phi) is 6.61. The molecule has 2 saturated heterocycles. The number of allylic oxidation sites excluding steroid dienone is 1. The smallest absolute Gasteiger partial charge is 0.317 e. The maximum atomic E-state index is 13.8. The van der Waals surface area contributed by atoms with Gasteiger partial charge in [-0.1, -0.05) is 50.3 Å². The molecule has 0 unspecified atom stereocenters. The number of nitrogens with zero attached hydrogens (tertiary/aromatic N) is 2. The summed E-state index contributed by atoms with van der Waals surface area (Å²) < 4.78 is 10.7. The highest BCUT2D eigenvalue weighted by Crippen LogP contribution is 2.55. The van der Waals surface area contributed by atoms with Crippen molar-refractivity contribution in [1.29, 1.82) is 0 Å². The normalized spacial score (nSPS) is 26.9. The number of fused-ring (bicyclic) bond motifs is 1. The molecular formula is C26H34N2O5. The standard InChI is InChI=1S/C26H34N2O5/c1-25(2)10-9-21-26(18-25,24(31)32-3)16-20(15-22(29)27-11-13-33-14-12-27)23(30)28(21)17-19-7-5-4-6-8-19/h4-9,20H,10-18H2,1-3H3/t20-,26-/m1/s1. The molecule has 2 fully saturated rings.